The number of nitrogen functional groups attached to an aromatic ring is 1. The maximum Gasteiger partial charge on any atom is 0.142 e. The largest absolute Gasteiger partial charge is 0.383 e. The lowest BCUT2D eigenvalue weighted by Crippen LogP contribution is -1.98. The number of benzene rings is 1. The fourth-order valence-electron chi connectivity index (χ4n) is 1.49. The molecule has 80 valence electrons. The Kier molecular flexibility index (Phi) is 2.68. The first kappa shape index (κ1) is 10.4. The Morgan fingerprint density at radius 2 is 1.94 bits per heavy atom. The third-order valence-corrected chi connectivity index (χ3v) is 2.33. The van der Waals surface area contributed by atoms with Crippen molar-refractivity contribution in [1.29, 1.82) is 0 Å². The molecule has 16 heavy (non-hydrogen) atoms. The van der Waals surface area contributed by atoms with Gasteiger partial charge in [0, 0.05) is 5.56 Å². The van der Waals surface area contributed by atoms with Gasteiger partial charge in [-0.15, -0.1) is 0 Å². The summed E-state index contributed by atoms with van der Waals surface area (Å²) in [6.45, 7) is 3.91. The lowest BCUT2D eigenvalue weighted by Gasteiger charge is -2.08. The van der Waals surface area contributed by atoms with E-state index in [9.17, 15) is 4.39 Å². The molecule has 1 aromatic carbocycles. The smallest absolute Gasteiger partial charge is 0.142 e. The Morgan fingerprint density at radius 1 is 1.25 bits per heavy atom. The van der Waals surface area contributed by atoms with E-state index in [0.29, 0.717) is 11.1 Å². The molecule has 2 nitrogen and oxygen atoms in total. The van der Waals surface area contributed by atoms with Crippen LogP contribution in [0.15, 0.2) is 49.2 Å². The van der Waals surface area contributed by atoms with Gasteiger partial charge in [-0.2, -0.15) is 0 Å². The standard InChI is InChI=1S/C13H11FN2/c1-9(10-5-3-2-4-6-10)12-7-11(14)8-16-13(12)15/h2-8H,1H2,(H2,15,16). The highest BCUT2D eigenvalue weighted by Crippen LogP contribution is 2.25. The molecular formula is C13H11FN2. The van der Waals surface area contributed by atoms with E-state index in [1.807, 2.05) is 30.3 Å². The van der Waals surface area contributed by atoms with Crippen LogP contribution in [0.4, 0.5) is 10.2 Å². The number of nitrogens with two attached hydrogens (primary N) is 1. The van der Waals surface area contributed by atoms with Crippen LogP contribution in [-0.4, -0.2) is 4.98 Å². The Morgan fingerprint density at radius 3 is 2.62 bits per heavy atom. The van der Waals surface area contributed by atoms with E-state index < -0.39 is 5.82 Å². The summed E-state index contributed by atoms with van der Waals surface area (Å²) < 4.78 is 13.1. The molecular weight excluding hydrogens is 203 g/mol. The zero-order valence-corrected chi connectivity index (χ0v) is 8.65. The summed E-state index contributed by atoms with van der Waals surface area (Å²) in [5.41, 5.74) is 7.80. The minimum atomic E-state index is -0.415. The molecule has 0 saturated carbocycles. The Hall–Kier alpha value is -2.16. The third kappa shape index (κ3) is 1.93. The van der Waals surface area contributed by atoms with Gasteiger partial charge >= 0.3 is 0 Å². The molecule has 0 bridgehead atoms. The van der Waals surface area contributed by atoms with E-state index in [4.69, 9.17) is 5.73 Å². The van der Waals surface area contributed by atoms with Gasteiger partial charge in [-0.3, -0.25) is 0 Å². The van der Waals surface area contributed by atoms with Gasteiger partial charge in [-0.25, -0.2) is 9.37 Å². The highest BCUT2D eigenvalue weighted by atomic mass is 19.1. The van der Waals surface area contributed by atoms with Crippen LogP contribution in [0.3, 0.4) is 0 Å². The Balaban J connectivity index is 2.46. The average Bonchev–Trinajstić information content (AvgIpc) is 2.32. The van der Waals surface area contributed by atoms with Crippen molar-refractivity contribution in [3.8, 4) is 0 Å². The minimum absolute atomic E-state index is 0.287. The monoisotopic (exact) mass is 214 g/mol. The van der Waals surface area contributed by atoms with E-state index in [2.05, 4.69) is 11.6 Å². The Bertz CT molecular complexity index is 521. The first-order valence-electron chi connectivity index (χ1n) is 4.84. The van der Waals surface area contributed by atoms with Gasteiger partial charge in [0.25, 0.3) is 0 Å². The topological polar surface area (TPSA) is 38.9 Å². The second-order valence-electron chi connectivity index (χ2n) is 3.43. The van der Waals surface area contributed by atoms with Gasteiger partial charge < -0.3 is 5.73 Å². The molecule has 2 rings (SSSR count). The van der Waals surface area contributed by atoms with Crippen LogP contribution in [0.25, 0.3) is 5.57 Å². The quantitative estimate of drug-likeness (QED) is 0.834. The fourth-order valence-corrected chi connectivity index (χ4v) is 1.49. The summed E-state index contributed by atoms with van der Waals surface area (Å²) in [6.07, 6.45) is 1.09. The van der Waals surface area contributed by atoms with E-state index in [0.717, 1.165) is 11.8 Å². The molecule has 0 aliphatic rings. The molecule has 0 amide bonds. The summed E-state index contributed by atoms with van der Waals surface area (Å²) in [6, 6.07) is 10.8. The number of hydrogen-bond donors (Lipinski definition) is 1. The SMILES string of the molecule is C=C(c1ccccc1)c1cc(F)cnc1N. The van der Waals surface area contributed by atoms with Gasteiger partial charge in [0.1, 0.15) is 11.6 Å². The van der Waals surface area contributed by atoms with Crippen molar-refractivity contribution in [3.63, 3.8) is 0 Å². The van der Waals surface area contributed by atoms with Crippen molar-refractivity contribution in [1.82, 2.24) is 4.98 Å². The van der Waals surface area contributed by atoms with Crippen LogP contribution in [0, 0.1) is 5.82 Å². The van der Waals surface area contributed by atoms with Crippen LogP contribution in [0.2, 0.25) is 0 Å². The summed E-state index contributed by atoms with van der Waals surface area (Å²) >= 11 is 0. The molecule has 2 N–H and O–H groups in total. The predicted octanol–water partition coefficient (Wildman–Crippen LogP) is 2.86. The molecule has 0 atom stereocenters. The number of pyridine rings is 1. The zero-order chi connectivity index (χ0) is 11.5. The van der Waals surface area contributed by atoms with Crippen LogP contribution >= 0.6 is 0 Å². The zero-order valence-electron chi connectivity index (χ0n) is 8.65. The predicted molar refractivity (Wildman–Crippen MR) is 63.2 cm³/mol. The van der Waals surface area contributed by atoms with Gasteiger partial charge in [0.05, 0.1) is 6.20 Å². The second-order valence-corrected chi connectivity index (χ2v) is 3.43. The lowest BCUT2D eigenvalue weighted by molar-refractivity contribution is 0.621. The van der Waals surface area contributed by atoms with Gasteiger partial charge in [0.15, 0.2) is 0 Å². The Labute approximate surface area is 93.3 Å². The molecule has 1 aromatic heterocycles. The van der Waals surface area contributed by atoms with Crippen molar-refractivity contribution < 1.29 is 4.39 Å². The van der Waals surface area contributed by atoms with Gasteiger partial charge in [-0.05, 0) is 17.2 Å². The van der Waals surface area contributed by atoms with Gasteiger partial charge in [-0.1, -0.05) is 36.9 Å². The van der Waals surface area contributed by atoms with Crippen LogP contribution in [-0.2, 0) is 0 Å². The fraction of sp³-hybridized carbons (Fsp3) is 0. The maximum atomic E-state index is 13.1. The molecule has 0 unspecified atom stereocenters. The van der Waals surface area contributed by atoms with E-state index >= 15 is 0 Å². The molecule has 0 saturated heterocycles. The second kappa shape index (κ2) is 4.14. The molecule has 1 heterocycles. The normalized spacial score (nSPS) is 10.1. The molecule has 0 radical (unpaired) electrons. The number of halogens is 1. The van der Waals surface area contributed by atoms with Crippen molar-refractivity contribution in [2.45, 2.75) is 0 Å². The van der Waals surface area contributed by atoms with E-state index in [1.54, 1.807) is 0 Å². The highest BCUT2D eigenvalue weighted by molar-refractivity contribution is 5.82. The first-order chi connectivity index (χ1) is 7.68. The number of hydrogen-bond acceptors (Lipinski definition) is 2. The number of nitrogens with zero attached hydrogens (tertiary/aromatic N) is 1. The average molecular weight is 214 g/mol. The lowest BCUT2D eigenvalue weighted by atomic mass is 10.0. The van der Waals surface area contributed by atoms with Crippen LogP contribution in [0.1, 0.15) is 11.1 Å². The molecule has 0 fully saturated rings. The van der Waals surface area contributed by atoms with Gasteiger partial charge in [0.2, 0.25) is 0 Å². The van der Waals surface area contributed by atoms with Crippen LogP contribution < -0.4 is 5.73 Å². The van der Waals surface area contributed by atoms with Crippen molar-refractivity contribution in [2.24, 2.45) is 0 Å². The summed E-state index contributed by atoms with van der Waals surface area (Å²) in [7, 11) is 0. The molecule has 3 heteroatoms. The van der Waals surface area contributed by atoms with Crippen LogP contribution in [0.5, 0.6) is 0 Å². The molecule has 0 aliphatic heterocycles. The number of anilines is 1. The molecule has 0 spiro atoms. The summed E-state index contributed by atoms with van der Waals surface area (Å²) in [4.78, 5) is 3.77. The maximum absolute atomic E-state index is 13.1. The van der Waals surface area contributed by atoms with E-state index in [1.165, 1.54) is 6.07 Å². The minimum Gasteiger partial charge on any atom is -0.383 e. The summed E-state index contributed by atoms with van der Waals surface area (Å²) in [5, 5.41) is 0. The van der Waals surface area contributed by atoms with Crippen molar-refractivity contribution in [3.05, 3.63) is 66.1 Å². The number of rotatable bonds is 2. The third-order valence-electron chi connectivity index (χ3n) is 2.33. The first-order valence-corrected chi connectivity index (χ1v) is 4.84. The highest BCUT2D eigenvalue weighted by Gasteiger charge is 2.08. The summed E-state index contributed by atoms with van der Waals surface area (Å²) in [5.74, 6) is -0.128. The van der Waals surface area contributed by atoms with E-state index in [-0.39, 0.29) is 5.82 Å². The van der Waals surface area contributed by atoms with Crippen molar-refractivity contribution in [2.75, 3.05) is 5.73 Å². The number of aromatic nitrogens is 1. The molecule has 2 aromatic rings. The molecule has 0 aliphatic carbocycles. The van der Waals surface area contributed by atoms with Crippen molar-refractivity contribution >= 4 is 11.4 Å².